The van der Waals surface area contributed by atoms with Crippen LogP contribution >= 0.6 is 11.8 Å². The van der Waals surface area contributed by atoms with Crippen LogP contribution in [-0.2, 0) is 4.79 Å². The number of rotatable bonds is 8. The molecular weight excluding hydrogens is 384 g/mol. The summed E-state index contributed by atoms with van der Waals surface area (Å²) in [5, 5.41) is 7.92. The Morgan fingerprint density at radius 2 is 1.93 bits per heavy atom. The number of hydrogen-bond acceptors (Lipinski definition) is 5. The molecule has 150 valence electrons. The molecular formula is C22H24N4O2S. The summed E-state index contributed by atoms with van der Waals surface area (Å²) in [6, 6.07) is 17.5. The second-order valence-corrected chi connectivity index (χ2v) is 8.26. The van der Waals surface area contributed by atoms with Gasteiger partial charge in [-0.1, -0.05) is 42.1 Å². The van der Waals surface area contributed by atoms with Gasteiger partial charge in [-0.05, 0) is 51.0 Å². The summed E-state index contributed by atoms with van der Waals surface area (Å²) in [5.74, 6) is 2.00. The Labute approximate surface area is 174 Å². The van der Waals surface area contributed by atoms with Crippen LogP contribution in [0.25, 0.3) is 5.69 Å². The number of hydrogen-bond donors (Lipinski definition) is 1. The van der Waals surface area contributed by atoms with Crippen molar-refractivity contribution in [2.75, 3.05) is 11.9 Å². The molecule has 1 aromatic heterocycles. The number of para-hydroxylation sites is 3. The van der Waals surface area contributed by atoms with E-state index in [2.05, 4.69) is 10.4 Å². The van der Waals surface area contributed by atoms with E-state index in [4.69, 9.17) is 9.72 Å². The van der Waals surface area contributed by atoms with Gasteiger partial charge in [0.1, 0.15) is 11.6 Å². The second-order valence-electron chi connectivity index (χ2n) is 6.95. The average Bonchev–Trinajstić information content (AvgIpc) is 3.50. The van der Waals surface area contributed by atoms with Crippen LogP contribution in [0.3, 0.4) is 0 Å². The lowest BCUT2D eigenvalue weighted by molar-refractivity contribution is -0.115. The van der Waals surface area contributed by atoms with E-state index in [0.29, 0.717) is 29.1 Å². The minimum absolute atomic E-state index is 0.105. The lowest BCUT2D eigenvalue weighted by Crippen LogP contribution is -2.23. The minimum Gasteiger partial charge on any atom is -0.492 e. The number of ether oxygens (including phenoxy) is 1. The standard InChI is InChI=1S/C22H24N4O2S/c1-3-28-19-12-8-7-11-18(19)23-21(27)15(2)29-22-24-20(16-13-14-16)26(25-22)17-9-5-4-6-10-17/h4-12,15-16H,3,13-14H2,1-2H3,(H,23,27)/t15-/m1/s1. The maximum absolute atomic E-state index is 12.7. The Bertz CT molecular complexity index is 985. The molecule has 1 fully saturated rings. The third-order valence-electron chi connectivity index (χ3n) is 4.65. The van der Waals surface area contributed by atoms with E-state index in [0.717, 1.165) is 24.4 Å². The number of nitrogens with zero attached hydrogens (tertiary/aromatic N) is 3. The van der Waals surface area contributed by atoms with E-state index in [-0.39, 0.29) is 11.2 Å². The number of carbonyl (C=O) groups is 1. The van der Waals surface area contributed by atoms with Crippen LogP contribution in [0.2, 0.25) is 0 Å². The van der Waals surface area contributed by atoms with Gasteiger partial charge in [0, 0.05) is 5.92 Å². The van der Waals surface area contributed by atoms with E-state index < -0.39 is 0 Å². The first-order valence-electron chi connectivity index (χ1n) is 9.87. The fourth-order valence-corrected chi connectivity index (χ4v) is 3.77. The molecule has 1 saturated carbocycles. The van der Waals surface area contributed by atoms with Crippen molar-refractivity contribution in [3.63, 3.8) is 0 Å². The van der Waals surface area contributed by atoms with Crippen molar-refractivity contribution in [3.05, 3.63) is 60.4 Å². The molecule has 3 aromatic rings. The number of nitrogens with one attached hydrogen (secondary N) is 1. The molecule has 7 heteroatoms. The fraction of sp³-hybridized carbons (Fsp3) is 0.318. The molecule has 1 heterocycles. The summed E-state index contributed by atoms with van der Waals surface area (Å²) in [6.45, 7) is 4.33. The number of anilines is 1. The highest BCUT2D eigenvalue weighted by Crippen LogP contribution is 2.40. The molecule has 1 aliphatic rings. The summed E-state index contributed by atoms with van der Waals surface area (Å²) < 4.78 is 7.50. The van der Waals surface area contributed by atoms with E-state index in [1.807, 2.05) is 73.1 Å². The van der Waals surface area contributed by atoms with Crippen LogP contribution in [0, 0.1) is 0 Å². The molecule has 29 heavy (non-hydrogen) atoms. The normalized spacial score (nSPS) is 14.4. The zero-order valence-corrected chi connectivity index (χ0v) is 17.4. The Morgan fingerprint density at radius 1 is 1.21 bits per heavy atom. The quantitative estimate of drug-likeness (QED) is 0.549. The SMILES string of the molecule is CCOc1ccccc1NC(=O)[C@@H](C)Sc1nc(C2CC2)n(-c2ccccc2)n1. The van der Waals surface area contributed by atoms with E-state index in [1.54, 1.807) is 0 Å². The second kappa shape index (κ2) is 8.69. The minimum atomic E-state index is -0.344. The lowest BCUT2D eigenvalue weighted by atomic mass is 10.3. The average molecular weight is 409 g/mol. The van der Waals surface area contributed by atoms with Crippen LogP contribution in [0.1, 0.15) is 38.4 Å². The Morgan fingerprint density at radius 3 is 2.66 bits per heavy atom. The predicted molar refractivity (Wildman–Crippen MR) is 115 cm³/mol. The van der Waals surface area contributed by atoms with Crippen molar-refractivity contribution in [1.29, 1.82) is 0 Å². The van der Waals surface area contributed by atoms with Crippen LogP contribution in [0.5, 0.6) is 5.75 Å². The van der Waals surface area contributed by atoms with Crippen LogP contribution in [-0.4, -0.2) is 32.5 Å². The largest absolute Gasteiger partial charge is 0.492 e. The van der Waals surface area contributed by atoms with Crippen molar-refractivity contribution < 1.29 is 9.53 Å². The summed E-state index contributed by atoms with van der Waals surface area (Å²) in [5.41, 5.74) is 1.67. The maximum Gasteiger partial charge on any atom is 0.237 e. The van der Waals surface area contributed by atoms with Gasteiger partial charge in [0.15, 0.2) is 0 Å². The van der Waals surface area contributed by atoms with Crippen molar-refractivity contribution in [3.8, 4) is 11.4 Å². The number of carbonyl (C=O) groups excluding carboxylic acids is 1. The van der Waals surface area contributed by atoms with Crippen LogP contribution in [0.15, 0.2) is 59.8 Å². The van der Waals surface area contributed by atoms with Gasteiger partial charge in [0.2, 0.25) is 11.1 Å². The molecule has 0 unspecified atom stereocenters. The molecule has 4 rings (SSSR count). The van der Waals surface area contributed by atoms with Crippen LogP contribution in [0.4, 0.5) is 5.69 Å². The highest BCUT2D eigenvalue weighted by Gasteiger charge is 2.31. The number of amides is 1. The maximum atomic E-state index is 12.7. The van der Waals surface area contributed by atoms with Gasteiger partial charge in [-0.25, -0.2) is 9.67 Å². The molecule has 0 spiro atoms. The van der Waals surface area contributed by atoms with E-state index in [1.165, 1.54) is 11.8 Å². The fourth-order valence-electron chi connectivity index (χ4n) is 3.02. The molecule has 1 atom stereocenters. The number of thioether (sulfide) groups is 1. The lowest BCUT2D eigenvalue weighted by Gasteiger charge is -2.13. The van der Waals surface area contributed by atoms with Gasteiger partial charge in [0.25, 0.3) is 0 Å². The summed E-state index contributed by atoms with van der Waals surface area (Å²) in [7, 11) is 0. The van der Waals surface area contributed by atoms with Gasteiger partial charge in [0.05, 0.1) is 23.2 Å². The van der Waals surface area contributed by atoms with Gasteiger partial charge in [-0.15, -0.1) is 5.10 Å². The molecule has 0 radical (unpaired) electrons. The van der Waals surface area contributed by atoms with Gasteiger partial charge in [-0.3, -0.25) is 4.79 Å². The molecule has 2 aromatic carbocycles. The highest BCUT2D eigenvalue weighted by molar-refractivity contribution is 8.00. The Hall–Kier alpha value is -2.80. The summed E-state index contributed by atoms with van der Waals surface area (Å²) >= 11 is 1.37. The highest BCUT2D eigenvalue weighted by atomic mass is 32.2. The number of benzene rings is 2. The number of aromatic nitrogens is 3. The molecule has 1 amide bonds. The van der Waals surface area contributed by atoms with Crippen molar-refractivity contribution in [2.24, 2.45) is 0 Å². The molecule has 6 nitrogen and oxygen atoms in total. The first kappa shape index (κ1) is 19.5. The molecule has 1 N–H and O–H groups in total. The van der Waals surface area contributed by atoms with E-state index in [9.17, 15) is 4.79 Å². The first-order valence-corrected chi connectivity index (χ1v) is 10.8. The van der Waals surface area contributed by atoms with Crippen LogP contribution < -0.4 is 10.1 Å². The zero-order chi connectivity index (χ0) is 20.2. The Kier molecular flexibility index (Phi) is 5.85. The molecule has 0 saturated heterocycles. The molecule has 0 bridgehead atoms. The van der Waals surface area contributed by atoms with Crippen molar-refractivity contribution in [1.82, 2.24) is 14.8 Å². The molecule has 1 aliphatic carbocycles. The van der Waals surface area contributed by atoms with Gasteiger partial charge >= 0.3 is 0 Å². The topological polar surface area (TPSA) is 69.0 Å². The van der Waals surface area contributed by atoms with Gasteiger partial charge in [-0.2, -0.15) is 0 Å². The summed E-state index contributed by atoms with van der Waals surface area (Å²) in [4.78, 5) is 17.5. The third-order valence-corrected chi connectivity index (χ3v) is 5.60. The zero-order valence-electron chi connectivity index (χ0n) is 16.5. The first-order chi connectivity index (χ1) is 14.2. The third kappa shape index (κ3) is 4.62. The summed E-state index contributed by atoms with van der Waals surface area (Å²) in [6.07, 6.45) is 2.28. The van der Waals surface area contributed by atoms with E-state index >= 15 is 0 Å². The smallest absolute Gasteiger partial charge is 0.237 e. The van der Waals surface area contributed by atoms with Gasteiger partial charge < -0.3 is 10.1 Å². The van der Waals surface area contributed by atoms with Crippen molar-refractivity contribution >= 4 is 23.4 Å². The predicted octanol–water partition coefficient (Wildman–Crippen LogP) is 4.66. The Balaban J connectivity index is 1.48. The van der Waals surface area contributed by atoms with Crippen molar-refractivity contribution in [2.45, 2.75) is 43.0 Å². The molecule has 0 aliphatic heterocycles. The monoisotopic (exact) mass is 408 g/mol.